The third-order valence-corrected chi connectivity index (χ3v) is 6.19. The van der Waals surface area contributed by atoms with Crippen LogP contribution in [0, 0.1) is 5.82 Å². The van der Waals surface area contributed by atoms with Crippen LogP contribution in [0.25, 0.3) is 0 Å². The van der Waals surface area contributed by atoms with E-state index in [4.69, 9.17) is 23.2 Å². The van der Waals surface area contributed by atoms with E-state index in [1.807, 2.05) is 13.8 Å². The van der Waals surface area contributed by atoms with Crippen molar-refractivity contribution in [1.29, 1.82) is 0 Å². The Hall–Kier alpha value is -1.76. The van der Waals surface area contributed by atoms with Crippen molar-refractivity contribution in [2.45, 2.75) is 38.6 Å². The van der Waals surface area contributed by atoms with Gasteiger partial charge in [-0.1, -0.05) is 48.3 Å². The number of thioether (sulfide) groups is 1. The number of amides is 2. The van der Waals surface area contributed by atoms with E-state index >= 15 is 0 Å². The minimum atomic E-state index is -0.605. The molecule has 162 valence electrons. The van der Waals surface area contributed by atoms with Crippen LogP contribution < -0.4 is 5.32 Å². The van der Waals surface area contributed by atoms with Gasteiger partial charge in [-0.3, -0.25) is 9.59 Å². The van der Waals surface area contributed by atoms with Crippen LogP contribution in [-0.4, -0.2) is 35.1 Å². The largest absolute Gasteiger partial charge is 0.355 e. The van der Waals surface area contributed by atoms with E-state index in [9.17, 15) is 14.0 Å². The SMILES string of the molecule is CCNC(=O)[C@H](CC)N(Cc1ccc(F)cc1)C(=O)CSCc1c(Cl)cccc1Cl. The van der Waals surface area contributed by atoms with E-state index in [1.54, 1.807) is 35.2 Å². The van der Waals surface area contributed by atoms with Gasteiger partial charge in [-0.15, -0.1) is 11.8 Å². The van der Waals surface area contributed by atoms with Gasteiger partial charge in [0, 0.05) is 28.9 Å². The molecule has 1 N–H and O–H groups in total. The third-order valence-electron chi connectivity index (χ3n) is 4.54. The Bertz CT molecular complexity index is 844. The maximum Gasteiger partial charge on any atom is 0.242 e. The second-order valence-electron chi connectivity index (χ2n) is 6.66. The van der Waals surface area contributed by atoms with E-state index in [0.29, 0.717) is 28.8 Å². The highest BCUT2D eigenvalue weighted by Gasteiger charge is 2.28. The first-order valence-electron chi connectivity index (χ1n) is 9.69. The Kier molecular flexibility index (Phi) is 9.95. The van der Waals surface area contributed by atoms with Gasteiger partial charge in [0.2, 0.25) is 11.8 Å². The number of hydrogen-bond donors (Lipinski definition) is 1. The molecule has 2 rings (SSSR count). The first kappa shape index (κ1) is 24.5. The van der Waals surface area contributed by atoms with Gasteiger partial charge in [-0.05, 0) is 48.7 Å². The lowest BCUT2D eigenvalue weighted by Crippen LogP contribution is -2.49. The van der Waals surface area contributed by atoms with Crippen LogP contribution in [0.15, 0.2) is 42.5 Å². The molecular weight excluding hydrogens is 446 g/mol. The highest BCUT2D eigenvalue weighted by Crippen LogP contribution is 2.28. The zero-order chi connectivity index (χ0) is 22.1. The molecule has 0 fully saturated rings. The van der Waals surface area contributed by atoms with Gasteiger partial charge in [0.25, 0.3) is 0 Å². The molecule has 0 aliphatic heterocycles. The number of nitrogens with one attached hydrogen (secondary N) is 1. The molecule has 0 heterocycles. The molecule has 0 unspecified atom stereocenters. The summed E-state index contributed by atoms with van der Waals surface area (Å²) in [6.45, 7) is 4.40. The average Bonchev–Trinajstić information content (AvgIpc) is 2.71. The highest BCUT2D eigenvalue weighted by molar-refractivity contribution is 7.99. The van der Waals surface area contributed by atoms with Crippen LogP contribution in [-0.2, 0) is 21.9 Å². The van der Waals surface area contributed by atoms with Gasteiger partial charge in [-0.25, -0.2) is 4.39 Å². The normalized spacial score (nSPS) is 11.8. The molecular formula is C22H25Cl2FN2O2S. The van der Waals surface area contributed by atoms with Crippen LogP contribution >= 0.6 is 35.0 Å². The molecule has 4 nitrogen and oxygen atoms in total. The first-order valence-corrected chi connectivity index (χ1v) is 11.6. The van der Waals surface area contributed by atoms with Crippen LogP contribution in [0.5, 0.6) is 0 Å². The van der Waals surface area contributed by atoms with Crippen molar-refractivity contribution < 1.29 is 14.0 Å². The van der Waals surface area contributed by atoms with E-state index in [1.165, 1.54) is 23.9 Å². The van der Waals surface area contributed by atoms with Gasteiger partial charge in [0.05, 0.1) is 5.75 Å². The zero-order valence-corrected chi connectivity index (χ0v) is 19.3. The molecule has 0 aliphatic carbocycles. The Morgan fingerprint density at radius 3 is 2.30 bits per heavy atom. The molecule has 0 radical (unpaired) electrons. The third kappa shape index (κ3) is 6.89. The molecule has 8 heteroatoms. The lowest BCUT2D eigenvalue weighted by Gasteiger charge is -2.30. The number of nitrogens with zero attached hydrogens (tertiary/aromatic N) is 1. The van der Waals surface area contributed by atoms with Crippen LogP contribution in [0.1, 0.15) is 31.4 Å². The van der Waals surface area contributed by atoms with Crippen LogP contribution in [0.4, 0.5) is 4.39 Å². The molecule has 0 aliphatic rings. The Morgan fingerprint density at radius 1 is 1.10 bits per heavy atom. The smallest absolute Gasteiger partial charge is 0.242 e. The van der Waals surface area contributed by atoms with Crippen molar-refractivity contribution >= 4 is 46.8 Å². The summed E-state index contributed by atoms with van der Waals surface area (Å²) in [7, 11) is 0. The predicted octanol–water partition coefficient (Wildman–Crippen LogP) is 5.31. The topological polar surface area (TPSA) is 49.4 Å². The molecule has 0 bridgehead atoms. The monoisotopic (exact) mass is 470 g/mol. The summed E-state index contributed by atoms with van der Waals surface area (Å²) < 4.78 is 13.3. The van der Waals surface area contributed by atoms with E-state index < -0.39 is 6.04 Å². The van der Waals surface area contributed by atoms with Crippen LogP contribution in [0.2, 0.25) is 10.0 Å². The lowest BCUT2D eigenvalue weighted by atomic mass is 10.1. The lowest BCUT2D eigenvalue weighted by molar-refractivity contribution is -0.139. The molecule has 0 aromatic heterocycles. The van der Waals surface area contributed by atoms with Gasteiger partial charge in [-0.2, -0.15) is 0 Å². The number of benzene rings is 2. The average molecular weight is 471 g/mol. The summed E-state index contributed by atoms with van der Waals surface area (Å²) >= 11 is 13.8. The van der Waals surface area contributed by atoms with E-state index in [2.05, 4.69) is 5.32 Å². The highest BCUT2D eigenvalue weighted by atomic mass is 35.5. The van der Waals surface area contributed by atoms with Crippen molar-refractivity contribution in [2.75, 3.05) is 12.3 Å². The molecule has 1 atom stereocenters. The maximum absolute atomic E-state index is 13.3. The van der Waals surface area contributed by atoms with E-state index in [0.717, 1.165) is 11.1 Å². The van der Waals surface area contributed by atoms with E-state index in [-0.39, 0.29) is 29.9 Å². The van der Waals surface area contributed by atoms with Crippen molar-refractivity contribution in [3.05, 3.63) is 69.5 Å². The first-order chi connectivity index (χ1) is 14.4. The van der Waals surface area contributed by atoms with Gasteiger partial charge in [0.15, 0.2) is 0 Å². The van der Waals surface area contributed by atoms with Crippen molar-refractivity contribution in [3.63, 3.8) is 0 Å². The Labute approximate surface area is 191 Å². The molecule has 0 spiro atoms. The fraction of sp³-hybridized carbons (Fsp3) is 0.364. The molecule has 0 saturated carbocycles. The molecule has 2 amide bonds. The number of rotatable bonds is 10. The predicted molar refractivity (Wildman–Crippen MR) is 122 cm³/mol. The van der Waals surface area contributed by atoms with Gasteiger partial charge < -0.3 is 10.2 Å². The minimum Gasteiger partial charge on any atom is -0.355 e. The fourth-order valence-electron chi connectivity index (χ4n) is 2.99. The minimum absolute atomic E-state index is 0.165. The Balaban J connectivity index is 2.14. The summed E-state index contributed by atoms with van der Waals surface area (Å²) in [5, 5.41) is 3.90. The molecule has 2 aromatic carbocycles. The second kappa shape index (κ2) is 12.2. The molecule has 0 saturated heterocycles. The number of carbonyl (C=O) groups is 2. The zero-order valence-electron chi connectivity index (χ0n) is 17.0. The van der Waals surface area contributed by atoms with Gasteiger partial charge in [0.1, 0.15) is 11.9 Å². The van der Waals surface area contributed by atoms with Crippen molar-refractivity contribution in [2.24, 2.45) is 0 Å². The summed E-state index contributed by atoms with van der Waals surface area (Å²) in [6, 6.07) is 10.6. The quantitative estimate of drug-likeness (QED) is 0.511. The molecule has 30 heavy (non-hydrogen) atoms. The summed E-state index contributed by atoms with van der Waals surface area (Å²) in [6.07, 6.45) is 0.472. The van der Waals surface area contributed by atoms with Crippen molar-refractivity contribution in [3.8, 4) is 0 Å². The summed E-state index contributed by atoms with van der Waals surface area (Å²) in [5.74, 6) is -0.0783. The number of hydrogen-bond acceptors (Lipinski definition) is 3. The number of halogens is 3. The summed E-state index contributed by atoms with van der Waals surface area (Å²) in [5.41, 5.74) is 1.53. The maximum atomic E-state index is 13.3. The fourth-order valence-corrected chi connectivity index (χ4v) is 4.64. The summed E-state index contributed by atoms with van der Waals surface area (Å²) in [4.78, 5) is 27.2. The standard InChI is InChI=1S/C22H25Cl2FN2O2S/c1-3-20(22(29)26-4-2)27(12-15-8-10-16(25)11-9-15)21(28)14-30-13-17-18(23)6-5-7-19(17)24/h5-11,20H,3-4,12-14H2,1-2H3,(H,26,29)/t20-/m0/s1. The molecule has 2 aromatic rings. The van der Waals surface area contributed by atoms with Crippen LogP contribution in [0.3, 0.4) is 0 Å². The van der Waals surface area contributed by atoms with Gasteiger partial charge >= 0.3 is 0 Å². The number of carbonyl (C=O) groups excluding carboxylic acids is 2. The van der Waals surface area contributed by atoms with Crippen molar-refractivity contribution in [1.82, 2.24) is 10.2 Å². The Morgan fingerprint density at radius 2 is 1.73 bits per heavy atom. The number of likely N-dealkylation sites (N-methyl/N-ethyl adjacent to an activating group) is 1. The second-order valence-corrected chi connectivity index (χ2v) is 8.46.